The van der Waals surface area contributed by atoms with Crippen molar-refractivity contribution in [3.05, 3.63) is 35.1 Å². The molecular weight excluding hydrogens is 413 g/mol. The van der Waals surface area contributed by atoms with Crippen molar-refractivity contribution in [1.29, 1.82) is 0 Å². The number of rotatable bonds is 7. The van der Waals surface area contributed by atoms with Crippen molar-refractivity contribution in [2.24, 2.45) is 0 Å². The van der Waals surface area contributed by atoms with E-state index >= 15 is 0 Å². The first-order valence-electron chi connectivity index (χ1n) is 9.94. The van der Waals surface area contributed by atoms with E-state index in [1.807, 2.05) is 14.1 Å². The van der Waals surface area contributed by atoms with Gasteiger partial charge in [-0.3, -0.25) is 4.72 Å². The molecule has 2 saturated carbocycles. The maximum absolute atomic E-state index is 14.9. The van der Waals surface area contributed by atoms with Gasteiger partial charge in [-0.1, -0.05) is 6.42 Å². The van der Waals surface area contributed by atoms with Gasteiger partial charge in [0, 0.05) is 23.7 Å². The molecule has 4 rings (SSSR count). The standard InChI is InChI=1S/C20H26FN3O3S2/c1-24(2)16-5-3-4-6-17(16)27-18-12-15(21)19(11-14(18)13-7-8-13)29(25,26)23-20-22-9-10-28-20/h9-13,16-17H,3-8H2,1-2H3,(H,22,23)/t16-,17?/m0/s1. The highest BCUT2D eigenvalue weighted by Gasteiger charge is 2.34. The van der Waals surface area contributed by atoms with Crippen molar-refractivity contribution in [3.8, 4) is 5.75 Å². The normalized spacial score (nSPS) is 22.6. The Morgan fingerprint density at radius 3 is 2.62 bits per heavy atom. The lowest BCUT2D eigenvalue weighted by molar-refractivity contribution is 0.0612. The summed E-state index contributed by atoms with van der Waals surface area (Å²) in [6, 6.07) is 2.98. The molecule has 6 nitrogen and oxygen atoms in total. The number of sulfonamides is 1. The molecule has 2 fully saturated rings. The van der Waals surface area contributed by atoms with Gasteiger partial charge >= 0.3 is 0 Å². The van der Waals surface area contributed by atoms with Crippen molar-refractivity contribution in [3.63, 3.8) is 0 Å². The predicted octanol–water partition coefficient (Wildman–Crippen LogP) is 4.21. The van der Waals surface area contributed by atoms with E-state index in [2.05, 4.69) is 14.6 Å². The number of anilines is 1. The van der Waals surface area contributed by atoms with E-state index in [0.29, 0.717) is 5.75 Å². The second kappa shape index (κ2) is 8.20. The highest BCUT2D eigenvalue weighted by molar-refractivity contribution is 7.93. The number of hydrogen-bond acceptors (Lipinski definition) is 6. The quantitative estimate of drug-likeness (QED) is 0.700. The fraction of sp³-hybridized carbons (Fsp3) is 0.550. The molecular formula is C20H26FN3O3S2. The van der Waals surface area contributed by atoms with Crippen LogP contribution in [0, 0.1) is 5.82 Å². The molecule has 2 atom stereocenters. The van der Waals surface area contributed by atoms with Crippen LogP contribution in [0.5, 0.6) is 5.75 Å². The molecule has 2 aromatic rings. The average Bonchev–Trinajstić information content (AvgIpc) is 3.38. The smallest absolute Gasteiger partial charge is 0.266 e. The molecule has 29 heavy (non-hydrogen) atoms. The third kappa shape index (κ3) is 4.57. The summed E-state index contributed by atoms with van der Waals surface area (Å²) in [5.74, 6) is -0.0940. The van der Waals surface area contributed by atoms with Gasteiger partial charge in [0.15, 0.2) is 5.13 Å². The molecule has 1 aromatic carbocycles. The molecule has 1 N–H and O–H groups in total. The SMILES string of the molecule is CN(C)[C@H]1CCCCC1Oc1cc(F)c(S(=O)(=O)Nc2nccs2)cc1C1CC1. The maximum Gasteiger partial charge on any atom is 0.266 e. The van der Waals surface area contributed by atoms with E-state index in [1.54, 1.807) is 5.38 Å². The van der Waals surface area contributed by atoms with Crippen LogP contribution in [0.4, 0.5) is 9.52 Å². The van der Waals surface area contributed by atoms with Crippen LogP contribution in [0.2, 0.25) is 0 Å². The summed E-state index contributed by atoms with van der Waals surface area (Å²) < 4.78 is 49.0. The van der Waals surface area contributed by atoms with Gasteiger partial charge in [0.25, 0.3) is 10.0 Å². The van der Waals surface area contributed by atoms with Crippen LogP contribution in [0.25, 0.3) is 0 Å². The summed E-state index contributed by atoms with van der Waals surface area (Å²) in [6.07, 6.45) is 7.60. The Labute approximate surface area is 175 Å². The number of hydrogen-bond donors (Lipinski definition) is 1. The van der Waals surface area contributed by atoms with Crippen LogP contribution in [0.15, 0.2) is 28.6 Å². The molecule has 9 heteroatoms. The molecule has 1 unspecified atom stereocenters. The molecule has 158 valence electrons. The van der Waals surface area contributed by atoms with E-state index in [1.165, 1.54) is 18.3 Å². The number of likely N-dealkylation sites (N-methyl/N-ethyl adjacent to an activating group) is 1. The lowest BCUT2D eigenvalue weighted by atomic mass is 9.91. The largest absolute Gasteiger partial charge is 0.488 e. The maximum atomic E-state index is 14.9. The van der Waals surface area contributed by atoms with Gasteiger partial charge < -0.3 is 9.64 Å². The third-order valence-corrected chi connectivity index (χ3v) is 7.81. The average molecular weight is 440 g/mol. The van der Waals surface area contributed by atoms with E-state index in [-0.39, 0.29) is 28.1 Å². The van der Waals surface area contributed by atoms with E-state index in [0.717, 1.165) is 55.4 Å². The van der Waals surface area contributed by atoms with Gasteiger partial charge in [-0.15, -0.1) is 11.3 Å². The van der Waals surface area contributed by atoms with Crippen molar-refractivity contribution in [1.82, 2.24) is 9.88 Å². The fourth-order valence-corrected chi connectivity index (χ4v) is 5.87. The van der Waals surface area contributed by atoms with Gasteiger partial charge in [-0.25, -0.2) is 17.8 Å². The molecule has 2 aliphatic carbocycles. The van der Waals surface area contributed by atoms with Gasteiger partial charge in [-0.2, -0.15) is 0 Å². The Balaban J connectivity index is 1.65. The lowest BCUT2D eigenvalue weighted by Gasteiger charge is -2.36. The predicted molar refractivity (Wildman–Crippen MR) is 112 cm³/mol. The number of halogens is 1. The summed E-state index contributed by atoms with van der Waals surface area (Å²) in [6.45, 7) is 0. The zero-order chi connectivity index (χ0) is 20.6. The summed E-state index contributed by atoms with van der Waals surface area (Å²) in [5.41, 5.74) is 0.786. The van der Waals surface area contributed by atoms with Crippen molar-refractivity contribution < 1.29 is 17.5 Å². The van der Waals surface area contributed by atoms with E-state index in [9.17, 15) is 12.8 Å². The second-order valence-corrected chi connectivity index (χ2v) is 10.6. The van der Waals surface area contributed by atoms with Gasteiger partial charge in [-0.05, 0) is 63.7 Å². The summed E-state index contributed by atoms with van der Waals surface area (Å²) in [4.78, 5) is 5.73. The second-order valence-electron chi connectivity index (χ2n) is 8.01. The van der Waals surface area contributed by atoms with E-state index in [4.69, 9.17) is 4.74 Å². The number of nitrogens with zero attached hydrogens (tertiary/aromatic N) is 2. The van der Waals surface area contributed by atoms with Gasteiger partial charge in [0.2, 0.25) is 0 Å². The minimum Gasteiger partial charge on any atom is -0.488 e. The highest BCUT2D eigenvalue weighted by Crippen LogP contribution is 2.46. The van der Waals surface area contributed by atoms with E-state index < -0.39 is 15.8 Å². The molecule has 0 amide bonds. The molecule has 1 aromatic heterocycles. The number of thiazole rings is 1. The van der Waals surface area contributed by atoms with Crippen molar-refractivity contribution in [2.75, 3.05) is 18.8 Å². The Morgan fingerprint density at radius 2 is 1.97 bits per heavy atom. The molecule has 0 saturated heterocycles. The minimum atomic E-state index is -4.06. The van der Waals surface area contributed by atoms with Crippen LogP contribution in [0.1, 0.15) is 50.0 Å². The molecule has 0 spiro atoms. The topological polar surface area (TPSA) is 71.5 Å². The molecule has 0 bridgehead atoms. The summed E-state index contributed by atoms with van der Waals surface area (Å²) >= 11 is 1.15. The number of nitrogens with one attached hydrogen (secondary N) is 1. The molecule has 0 aliphatic heterocycles. The first kappa shape index (κ1) is 20.6. The minimum absolute atomic E-state index is 0.0217. The lowest BCUT2D eigenvalue weighted by Crippen LogP contribution is -2.44. The highest BCUT2D eigenvalue weighted by atomic mass is 32.2. The fourth-order valence-electron chi connectivity index (χ4n) is 3.98. The molecule has 2 aliphatic rings. The Morgan fingerprint density at radius 1 is 1.21 bits per heavy atom. The van der Waals surface area contributed by atoms with Crippen molar-refractivity contribution >= 4 is 26.5 Å². The van der Waals surface area contributed by atoms with Crippen LogP contribution >= 0.6 is 11.3 Å². The van der Waals surface area contributed by atoms with Crippen LogP contribution in [-0.4, -0.2) is 44.5 Å². The zero-order valence-electron chi connectivity index (χ0n) is 16.6. The number of aromatic nitrogens is 1. The molecule has 1 heterocycles. The third-order valence-electron chi connectivity index (χ3n) is 5.63. The van der Waals surface area contributed by atoms with Crippen LogP contribution in [-0.2, 0) is 10.0 Å². The Bertz CT molecular complexity index is 960. The van der Waals surface area contributed by atoms with Gasteiger partial charge in [0.1, 0.15) is 22.6 Å². The zero-order valence-corrected chi connectivity index (χ0v) is 18.2. The summed E-state index contributed by atoms with van der Waals surface area (Å²) in [5, 5.41) is 1.88. The first-order chi connectivity index (χ1) is 13.8. The van der Waals surface area contributed by atoms with Crippen LogP contribution < -0.4 is 9.46 Å². The van der Waals surface area contributed by atoms with Crippen LogP contribution in [0.3, 0.4) is 0 Å². The summed E-state index contributed by atoms with van der Waals surface area (Å²) in [7, 11) is 0.0157. The first-order valence-corrected chi connectivity index (χ1v) is 12.3. The Hall–Kier alpha value is -1.71. The number of benzene rings is 1. The monoisotopic (exact) mass is 439 g/mol. The molecule has 0 radical (unpaired) electrons. The Kier molecular flexibility index (Phi) is 5.81. The van der Waals surface area contributed by atoms with Crippen molar-refractivity contribution in [2.45, 2.75) is 61.5 Å². The number of ether oxygens (including phenoxy) is 1. The van der Waals surface area contributed by atoms with Gasteiger partial charge in [0.05, 0.1) is 0 Å².